The predicted molar refractivity (Wildman–Crippen MR) is 148 cm³/mol. The maximum atomic E-state index is 13.8. The Labute approximate surface area is 229 Å². The summed E-state index contributed by atoms with van der Waals surface area (Å²) in [5.41, 5.74) is 1.27. The maximum absolute atomic E-state index is 13.8. The highest BCUT2D eigenvalue weighted by Gasteiger charge is 2.41. The molecule has 0 bridgehead atoms. The van der Waals surface area contributed by atoms with E-state index >= 15 is 0 Å². The summed E-state index contributed by atoms with van der Waals surface area (Å²) in [5, 5.41) is 3.00. The first-order valence-electron chi connectivity index (χ1n) is 12.8. The molecule has 1 aliphatic rings. The lowest BCUT2D eigenvalue weighted by atomic mass is 10.0. The van der Waals surface area contributed by atoms with E-state index in [9.17, 15) is 22.8 Å². The second-order valence-corrected chi connectivity index (χ2v) is 12.4. The van der Waals surface area contributed by atoms with Gasteiger partial charge < -0.3 is 10.2 Å². The molecule has 39 heavy (non-hydrogen) atoms. The van der Waals surface area contributed by atoms with E-state index in [1.54, 1.807) is 12.1 Å². The van der Waals surface area contributed by atoms with Crippen LogP contribution < -0.4 is 5.32 Å². The van der Waals surface area contributed by atoms with Crippen molar-refractivity contribution >= 4 is 27.7 Å². The van der Waals surface area contributed by atoms with E-state index in [2.05, 4.69) is 5.32 Å². The van der Waals surface area contributed by atoms with Crippen molar-refractivity contribution < 1.29 is 22.8 Å². The van der Waals surface area contributed by atoms with Crippen LogP contribution in [0.2, 0.25) is 0 Å². The lowest BCUT2D eigenvalue weighted by Crippen LogP contribution is -2.54. The summed E-state index contributed by atoms with van der Waals surface area (Å²) in [5.74, 6) is -1.39. The van der Waals surface area contributed by atoms with Gasteiger partial charge in [-0.25, -0.2) is 12.7 Å². The molecule has 3 aromatic rings. The second-order valence-electron chi connectivity index (χ2n) is 10.6. The number of nitrogens with zero attached hydrogens (tertiary/aromatic N) is 2. The number of amides is 3. The average molecular weight is 548 g/mol. The third-order valence-corrected chi connectivity index (χ3v) is 8.25. The molecule has 3 aromatic carbocycles. The van der Waals surface area contributed by atoms with Crippen molar-refractivity contribution in [1.29, 1.82) is 0 Å². The number of hydrogen-bond donors (Lipinski definition) is 1. The number of fused-ring (bicyclic) bond motifs is 1. The second kappa shape index (κ2) is 11.4. The van der Waals surface area contributed by atoms with Crippen LogP contribution in [0.5, 0.6) is 0 Å². The van der Waals surface area contributed by atoms with E-state index in [4.69, 9.17) is 0 Å². The Morgan fingerprint density at radius 3 is 2.03 bits per heavy atom. The molecule has 1 N–H and O–H groups in total. The topological polar surface area (TPSA) is 104 Å². The van der Waals surface area contributed by atoms with Gasteiger partial charge in [0.05, 0.1) is 5.56 Å². The van der Waals surface area contributed by atoms with Crippen LogP contribution in [-0.4, -0.2) is 53.5 Å². The molecule has 0 aromatic heterocycles. The van der Waals surface area contributed by atoms with Crippen molar-refractivity contribution in [1.82, 2.24) is 14.5 Å². The van der Waals surface area contributed by atoms with Crippen molar-refractivity contribution in [3.63, 3.8) is 0 Å². The highest BCUT2D eigenvalue weighted by atomic mass is 32.2. The molecule has 0 saturated heterocycles. The number of carbonyl (C=O) groups is 3. The van der Waals surface area contributed by atoms with Gasteiger partial charge in [-0.3, -0.25) is 14.4 Å². The van der Waals surface area contributed by atoms with Crippen LogP contribution in [0.3, 0.4) is 0 Å². The Morgan fingerprint density at radius 1 is 0.872 bits per heavy atom. The summed E-state index contributed by atoms with van der Waals surface area (Å²) >= 11 is 0. The number of hydrogen-bond acceptors (Lipinski definition) is 5. The zero-order chi connectivity index (χ0) is 28.2. The fourth-order valence-electron chi connectivity index (χ4n) is 4.58. The van der Waals surface area contributed by atoms with Crippen LogP contribution in [-0.2, 0) is 32.6 Å². The first-order chi connectivity index (χ1) is 18.5. The van der Waals surface area contributed by atoms with Crippen LogP contribution >= 0.6 is 0 Å². The molecule has 1 atom stereocenters. The summed E-state index contributed by atoms with van der Waals surface area (Å²) in [6, 6.07) is 23.9. The smallest absolute Gasteiger partial charge is 0.269 e. The van der Waals surface area contributed by atoms with Gasteiger partial charge in [0.2, 0.25) is 11.8 Å². The molecule has 0 radical (unpaired) electrons. The Balaban J connectivity index is 1.63. The molecule has 204 valence electrons. The molecular formula is C30H33N3O5S. The Hall–Kier alpha value is -3.98. The monoisotopic (exact) mass is 547 g/mol. The number of benzene rings is 3. The van der Waals surface area contributed by atoms with Crippen molar-refractivity contribution in [3.05, 3.63) is 102 Å². The minimum Gasteiger partial charge on any atom is -0.350 e. The zero-order valence-electron chi connectivity index (χ0n) is 22.3. The molecular weight excluding hydrogens is 514 g/mol. The number of sulfonamides is 1. The van der Waals surface area contributed by atoms with E-state index in [0.29, 0.717) is 0 Å². The molecule has 1 heterocycles. The van der Waals surface area contributed by atoms with Crippen molar-refractivity contribution in [2.75, 3.05) is 6.54 Å². The average Bonchev–Trinajstić information content (AvgIpc) is 3.09. The number of nitrogens with one attached hydrogen (secondary N) is 1. The third kappa shape index (κ3) is 6.54. The van der Waals surface area contributed by atoms with Gasteiger partial charge in [0.15, 0.2) is 0 Å². The first-order valence-corrected chi connectivity index (χ1v) is 14.3. The summed E-state index contributed by atoms with van der Waals surface area (Å²) in [6.07, 6.45) is 0.00753. The highest BCUT2D eigenvalue weighted by Crippen LogP contribution is 2.30. The molecule has 0 unspecified atom stereocenters. The van der Waals surface area contributed by atoms with Crippen molar-refractivity contribution in [3.8, 4) is 0 Å². The van der Waals surface area contributed by atoms with Crippen LogP contribution in [0.15, 0.2) is 89.8 Å². The summed E-state index contributed by atoms with van der Waals surface area (Å²) in [7, 11) is -4.05. The van der Waals surface area contributed by atoms with Crippen molar-refractivity contribution in [2.45, 2.75) is 56.6 Å². The molecule has 3 amide bonds. The van der Waals surface area contributed by atoms with Gasteiger partial charge in [-0.2, -0.15) is 0 Å². The normalized spacial score (nSPS) is 14.9. The molecule has 0 fully saturated rings. The minimum atomic E-state index is -4.05. The molecule has 9 heteroatoms. The first kappa shape index (κ1) is 28.0. The summed E-state index contributed by atoms with van der Waals surface area (Å²) < 4.78 is 26.8. The van der Waals surface area contributed by atoms with Gasteiger partial charge in [0.1, 0.15) is 10.9 Å². The summed E-state index contributed by atoms with van der Waals surface area (Å²) in [6.45, 7) is 5.44. The lowest BCUT2D eigenvalue weighted by Gasteiger charge is -2.34. The molecule has 0 saturated carbocycles. The van der Waals surface area contributed by atoms with Crippen LogP contribution in [0.25, 0.3) is 0 Å². The van der Waals surface area contributed by atoms with E-state index in [0.717, 1.165) is 15.4 Å². The molecule has 0 aliphatic carbocycles. The van der Waals surface area contributed by atoms with Crippen LogP contribution in [0.1, 0.15) is 48.7 Å². The molecule has 8 nitrogen and oxygen atoms in total. The highest BCUT2D eigenvalue weighted by molar-refractivity contribution is 7.90. The Kier molecular flexibility index (Phi) is 8.20. The summed E-state index contributed by atoms with van der Waals surface area (Å²) in [4.78, 5) is 41.7. The lowest BCUT2D eigenvalue weighted by molar-refractivity contribution is -0.142. The van der Waals surface area contributed by atoms with E-state index in [1.807, 2.05) is 81.4 Å². The van der Waals surface area contributed by atoms with Gasteiger partial charge in [0, 0.05) is 31.5 Å². The van der Waals surface area contributed by atoms with Gasteiger partial charge in [-0.05, 0) is 44.0 Å². The third-order valence-electron chi connectivity index (χ3n) is 6.41. The molecule has 1 aliphatic heterocycles. The predicted octanol–water partition coefficient (Wildman–Crippen LogP) is 3.78. The minimum absolute atomic E-state index is 0.0601. The largest absolute Gasteiger partial charge is 0.350 e. The Morgan fingerprint density at radius 2 is 1.44 bits per heavy atom. The SMILES string of the molecule is CC(C)(C)NC(=O)[C@H](Cc1ccccc1)N(Cc1ccccc1)C(=O)CCN1C(=O)c2ccccc2S1(=O)=O. The quantitative estimate of drug-likeness (QED) is 0.439. The molecule has 0 spiro atoms. The van der Waals surface area contributed by atoms with E-state index < -0.39 is 33.4 Å². The Bertz CT molecular complexity index is 1450. The maximum Gasteiger partial charge on any atom is 0.269 e. The van der Waals surface area contributed by atoms with E-state index in [1.165, 1.54) is 17.0 Å². The standard InChI is InChI=1S/C30H33N3O5S/c1-30(2,3)31-28(35)25(20-22-12-6-4-7-13-22)32(21-23-14-8-5-9-15-23)27(34)18-19-33-29(36)24-16-10-11-17-26(24)39(33,37)38/h4-17,25H,18-21H2,1-3H3,(H,31,35)/t25-/m0/s1. The van der Waals surface area contributed by atoms with Crippen LogP contribution in [0, 0.1) is 0 Å². The van der Waals surface area contributed by atoms with Crippen LogP contribution in [0.4, 0.5) is 0 Å². The van der Waals surface area contributed by atoms with Gasteiger partial charge in [-0.15, -0.1) is 0 Å². The molecule has 4 rings (SSSR count). The fourth-order valence-corrected chi connectivity index (χ4v) is 6.15. The van der Waals surface area contributed by atoms with Crippen molar-refractivity contribution in [2.24, 2.45) is 0 Å². The van der Waals surface area contributed by atoms with Gasteiger partial charge >= 0.3 is 0 Å². The van der Waals surface area contributed by atoms with E-state index in [-0.39, 0.29) is 42.3 Å². The zero-order valence-corrected chi connectivity index (χ0v) is 23.1. The number of carbonyl (C=O) groups excluding carboxylic acids is 3. The van der Waals surface area contributed by atoms with Gasteiger partial charge in [-0.1, -0.05) is 72.8 Å². The van der Waals surface area contributed by atoms with Gasteiger partial charge in [0.25, 0.3) is 15.9 Å². The number of rotatable bonds is 9. The fraction of sp³-hybridized carbons (Fsp3) is 0.300.